The first-order valence-corrected chi connectivity index (χ1v) is 9.45. The van der Waals surface area contributed by atoms with E-state index in [1.165, 1.54) is 0 Å². The highest BCUT2D eigenvalue weighted by Crippen LogP contribution is 2.39. The third-order valence-electron chi connectivity index (χ3n) is 4.06. The van der Waals surface area contributed by atoms with Crippen molar-refractivity contribution >= 4 is 14.8 Å². The van der Waals surface area contributed by atoms with E-state index in [1.54, 1.807) is 0 Å². The summed E-state index contributed by atoms with van der Waals surface area (Å²) in [5.41, 5.74) is -0.365. The quantitative estimate of drug-likeness (QED) is 0.584. The number of carbonyl (C=O) groups excluding carboxylic acids is 1. The molecule has 1 aliphatic carbocycles. The minimum atomic E-state index is -2.02. The third-order valence-corrected chi connectivity index (χ3v) is 7.00. The van der Waals surface area contributed by atoms with Crippen molar-refractivity contribution < 1.29 is 19.4 Å². The molecule has 2 unspecified atom stereocenters. The molecule has 0 spiro atoms. The standard InChI is InChI=1S/C15H28O4Si/c1-5-20(18)14(15(2,3)4)13(17)11-6-8-12(9-7-11)19-10-16/h8,11,14,16,18,20H,5-7,9-10H2,1-4H3/t11-,14?,20?/m1/s1. The molecule has 1 aliphatic rings. The van der Waals surface area contributed by atoms with Crippen molar-refractivity contribution in [3.63, 3.8) is 0 Å². The summed E-state index contributed by atoms with van der Waals surface area (Å²) in [6, 6.07) is 0.731. The molecule has 116 valence electrons. The Labute approximate surface area is 123 Å². The first-order valence-electron chi connectivity index (χ1n) is 7.45. The molecular formula is C15H28O4Si. The van der Waals surface area contributed by atoms with Gasteiger partial charge in [-0.15, -0.1) is 0 Å². The zero-order valence-corrected chi connectivity index (χ0v) is 14.2. The van der Waals surface area contributed by atoms with Gasteiger partial charge >= 0.3 is 0 Å². The molecule has 5 heteroatoms. The van der Waals surface area contributed by atoms with E-state index < -0.39 is 9.04 Å². The maximum Gasteiger partial charge on any atom is 0.185 e. The molecule has 0 aromatic carbocycles. The highest BCUT2D eigenvalue weighted by molar-refractivity contribution is 6.57. The minimum absolute atomic E-state index is 0.0148. The van der Waals surface area contributed by atoms with Gasteiger partial charge in [-0.1, -0.05) is 27.7 Å². The smallest absolute Gasteiger partial charge is 0.185 e. The van der Waals surface area contributed by atoms with Gasteiger partial charge in [0.15, 0.2) is 15.8 Å². The summed E-state index contributed by atoms with van der Waals surface area (Å²) in [4.78, 5) is 23.1. The third kappa shape index (κ3) is 4.43. The zero-order valence-electron chi connectivity index (χ0n) is 13.1. The molecule has 3 atom stereocenters. The second-order valence-electron chi connectivity index (χ2n) is 6.64. The van der Waals surface area contributed by atoms with Crippen LogP contribution in [0, 0.1) is 11.3 Å². The maximum atomic E-state index is 12.8. The van der Waals surface area contributed by atoms with Gasteiger partial charge in [0.05, 0.1) is 5.76 Å². The van der Waals surface area contributed by atoms with Crippen LogP contribution >= 0.6 is 0 Å². The molecule has 0 aliphatic heterocycles. The van der Waals surface area contributed by atoms with Crippen LogP contribution < -0.4 is 0 Å². The lowest BCUT2D eigenvalue weighted by molar-refractivity contribution is -0.125. The van der Waals surface area contributed by atoms with E-state index in [4.69, 9.17) is 9.84 Å². The molecule has 0 saturated heterocycles. The summed E-state index contributed by atoms with van der Waals surface area (Å²) in [7, 11) is -2.02. The average Bonchev–Trinajstić information content (AvgIpc) is 2.38. The zero-order chi connectivity index (χ0) is 15.3. The fourth-order valence-electron chi connectivity index (χ4n) is 2.97. The number of aliphatic hydroxyl groups is 1. The van der Waals surface area contributed by atoms with Gasteiger partial charge in [0.25, 0.3) is 0 Å². The minimum Gasteiger partial charge on any atom is -0.472 e. The molecule has 0 saturated carbocycles. The topological polar surface area (TPSA) is 66.8 Å². The molecule has 0 fully saturated rings. The van der Waals surface area contributed by atoms with E-state index in [2.05, 4.69) is 0 Å². The number of hydrogen-bond donors (Lipinski definition) is 2. The Morgan fingerprint density at radius 3 is 2.60 bits per heavy atom. The number of allylic oxidation sites excluding steroid dienone is 2. The second kappa shape index (κ2) is 7.38. The van der Waals surface area contributed by atoms with Crippen LogP contribution in [0.4, 0.5) is 0 Å². The van der Waals surface area contributed by atoms with Gasteiger partial charge in [0.1, 0.15) is 5.78 Å². The highest BCUT2D eigenvalue weighted by atomic mass is 28.3. The number of hydrogen-bond acceptors (Lipinski definition) is 4. The molecule has 0 amide bonds. The lowest BCUT2D eigenvalue weighted by Crippen LogP contribution is -2.39. The monoisotopic (exact) mass is 300 g/mol. The van der Waals surface area contributed by atoms with Crippen LogP contribution in [0.15, 0.2) is 11.8 Å². The molecular weight excluding hydrogens is 272 g/mol. The van der Waals surface area contributed by atoms with Crippen LogP contribution in [-0.2, 0) is 9.53 Å². The first kappa shape index (κ1) is 17.4. The largest absolute Gasteiger partial charge is 0.472 e. The summed E-state index contributed by atoms with van der Waals surface area (Å²) in [5, 5.41) is 8.74. The molecule has 0 heterocycles. The van der Waals surface area contributed by atoms with Crippen LogP contribution in [-0.4, -0.2) is 31.5 Å². The fraction of sp³-hybridized carbons (Fsp3) is 0.800. The lowest BCUT2D eigenvalue weighted by atomic mass is 9.80. The van der Waals surface area contributed by atoms with Gasteiger partial charge in [0, 0.05) is 17.9 Å². The fourth-order valence-corrected chi connectivity index (χ4v) is 5.24. The van der Waals surface area contributed by atoms with E-state index in [-0.39, 0.29) is 29.5 Å². The van der Waals surface area contributed by atoms with Gasteiger partial charge < -0.3 is 14.6 Å². The van der Waals surface area contributed by atoms with E-state index >= 15 is 0 Å². The SMILES string of the molecule is CC[SiH](O)C(C(=O)[C@@H]1CC=C(OCO)CC1)C(C)(C)C. The van der Waals surface area contributed by atoms with Crippen molar-refractivity contribution in [3.8, 4) is 0 Å². The van der Waals surface area contributed by atoms with Crippen molar-refractivity contribution in [3.05, 3.63) is 11.8 Å². The Hall–Kier alpha value is -0.653. The molecule has 0 bridgehead atoms. The van der Waals surface area contributed by atoms with E-state index in [0.717, 1.165) is 18.2 Å². The lowest BCUT2D eigenvalue weighted by Gasteiger charge is -2.35. The van der Waals surface area contributed by atoms with Gasteiger partial charge in [0.2, 0.25) is 0 Å². The van der Waals surface area contributed by atoms with Gasteiger partial charge in [-0.05, 0) is 30.4 Å². The molecule has 0 aromatic heterocycles. The van der Waals surface area contributed by atoms with Crippen molar-refractivity contribution in [2.75, 3.05) is 6.79 Å². The van der Waals surface area contributed by atoms with Gasteiger partial charge in [-0.25, -0.2) is 0 Å². The number of carbonyl (C=O) groups is 1. The van der Waals surface area contributed by atoms with E-state index in [1.807, 2.05) is 33.8 Å². The Kier molecular flexibility index (Phi) is 6.42. The predicted octanol–water partition coefficient (Wildman–Crippen LogP) is 2.36. The van der Waals surface area contributed by atoms with Crippen LogP contribution in [0.5, 0.6) is 0 Å². The number of rotatable bonds is 6. The van der Waals surface area contributed by atoms with Crippen LogP contribution in [0.2, 0.25) is 11.6 Å². The van der Waals surface area contributed by atoms with Gasteiger partial charge in [-0.2, -0.15) is 0 Å². The normalized spacial score (nSPS) is 22.9. The predicted molar refractivity (Wildman–Crippen MR) is 81.7 cm³/mol. The number of ketones is 1. The molecule has 4 nitrogen and oxygen atoms in total. The molecule has 2 N–H and O–H groups in total. The average molecular weight is 300 g/mol. The summed E-state index contributed by atoms with van der Waals surface area (Å²) >= 11 is 0. The summed E-state index contributed by atoms with van der Waals surface area (Å²) < 4.78 is 5.07. The molecule has 0 radical (unpaired) electrons. The van der Waals surface area contributed by atoms with Crippen LogP contribution in [0.1, 0.15) is 47.0 Å². The Balaban J connectivity index is 2.77. The van der Waals surface area contributed by atoms with Crippen LogP contribution in [0.3, 0.4) is 0 Å². The Morgan fingerprint density at radius 2 is 2.20 bits per heavy atom. The van der Waals surface area contributed by atoms with E-state index in [9.17, 15) is 9.59 Å². The summed E-state index contributed by atoms with van der Waals surface area (Å²) in [6.07, 6.45) is 4.01. The second-order valence-corrected chi connectivity index (χ2v) is 9.25. The molecule has 1 rings (SSSR count). The van der Waals surface area contributed by atoms with Crippen molar-refractivity contribution in [1.29, 1.82) is 0 Å². The summed E-state index contributed by atoms with van der Waals surface area (Å²) in [5.74, 6) is 0.980. The Morgan fingerprint density at radius 1 is 1.55 bits per heavy atom. The molecule has 0 aromatic rings. The summed E-state index contributed by atoms with van der Waals surface area (Å²) in [6.45, 7) is 7.79. The highest BCUT2D eigenvalue weighted by Gasteiger charge is 2.40. The van der Waals surface area contributed by atoms with E-state index in [0.29, 0.717) is 12.8 Å². The number of aliphatic hydroxyl groups excluding tert-OH is 1. The van der Waals surface area contributed by atoms with Crippen molar-refractivity contribution in [2.45, 2.75) is 58.5 Å². The maximum absolute atomic E-state index is 12.8. The van der Waals surface area contributed by atoms with Crippen LogP contribution in [0.25, 0.3) is 0 Å². The number of Topliss-reactive ketones (excluding diaryl/α,β-unsaturated/α-hetero) is 1. The Bertz CT molecular complexity index is 359. The molecule has 20 heavy (non-hydrogen) atoms. The number of ether oxygens (including phenoxy) is 1. The van der Waals surface area contributed by atoms with Crippen molar-refractivity contribution in [1.82, 2.24) is 0 Å². The van der Waals surface area contributed by atoms with Gasteiger partial charge in [-0.3, -0.25) is 4.79 Å². The van der Waals surface area contributed by atoms with Crippen molar-refractivity contribution in [2.24, 2.45) is 11.3 Å². The first-order chi connectivity index (χ1) is 9.31.